The molecule has 98 valence electrons. The molecule has 2 N–H and O–H groups in total. The van der Waals surface area contributed by atoms with Crippen molar-refractivity contribution in [2.45, 2.75) is 18.4 Å². The molecular weight excluding hydrogens is 238 g/mol. The first kappa shape index (κ1) is 12.7. The van der Waals surface area contributed by atoms with Gasteiger partial charge in [-0.25, -0.2) is 0 Å². The Kier molecular flexibility index (Phi) is 3.73. The molecule has 1 aromatic rings. The van der Waals surface area contributed by atoms with Crippen LogP contribution < -0.4 is 5.32 Å². The Morgan fingerprint density at radius 1 is 1.50 bits per heavy atom. The summed E-state index contributed by atoms with van der Waals surface area (Å²) in [5.41, 5.74) is 0.243. The van der Waals surface area contributed by atoms with Gasteiger partial charge < -0.3 is 25.3 Å². The van der Waals surface area contributed by atoms with Crippen LogP contribution in [0.5, 0.6) is 0 Å². The zero-order chi connectivity index (χ0) is 13.0. The predicted octanol–water partition coefficient (Wildman–Crippen LogP) is 0.943. The van der Waals surface area contributed by atoms with Crippen molar-refractivity contribution in [3.05, 3.63) is 28.4 Å². The zero-order valence-corrected chi connectivity index (χ0v) is 9.83. The lowest BCUT2D eigenvalue weighted by atomic mass is 9.91. The molecule has 0 spiro atoms. The second kappa shape index (κ2) is 5.28. The van der Waals surface area contributed by atoms with Crippen LogP contribution in [0.4, 0.5) is 11.5 Å². The maximum atomic E-state index is 10.5. The van der Waals surface area contributed by atoms with Crippen molar-refractivity contribution in [2.75, 3.05) is 25.1 Å². The van der Waals surface area contributed by atoms with Crippen LogP contribution in [-0.2, 0) is 4.74 Å². The lowest BCUT2D eigenvalue weighted by Gasteiger charge is -2.36. The van der Waals surface area contributed by atoms with E-state index in [1.807, 2.05) is 0 Å². The quantitative estimate of drug-likeness (QED) is 0.612. The first-order valence-electron chi connectivity index (χ1n) is 5.72. The maximum Gasteiger partial charge on any atom is 0.363 e. The van der Waals surface area contributed by atoms with E-state index in [4.69, 9.17) is 4.74 Å². The van der Waals surface area contributed by atoms with Crippen LogP contribution >= 0.6 is 0 Å². The molecule has 7 nitrogen and oxygen atoms in total. The highest BCUT2D eigenvalue weighted by molar-refractivity contribution is 5.46. The van der Waals surface area contributed by atoms with E-state index in [9.17, 15) is 15.2 Å². The van der Waals surface area contributed by atoms with Crippen LogP contribution in [0.1, 0.15) is 12.8 Å². The molecule has 1 aromatic heterocycles. The van der Waals surface area contributed by atoms with Crippen molar-refractivity contribution in [1.82, 2.24) is 4.98 Å². The molecular formula is C11H15N3O4. The second-order valence-electron chi connectivity index (χ2n) is 4.34. The van der Waals surface area contributed by atoms with Crippen LogP contribution in [0, 0.1) is 10.1 Å². The third kappa shape index (κ3) is 2.74. The molecule has 0 bridgehead atoms. The fourth-order valence-electron chi connectivity index (χ4n) is 1.96. The fraction of sp³-hybridized carbons (Fsp3) is 0.545. The van der Waals surface area contributed by atoms with E-state index in [0.717, 1.165) is 0 Å². The van der Waals surface area contributed by atoms with Crippen molar-refractivity contribution in [1.29, 1.82) is 0 Å². The van der Waals surface area contributed by atoms with E-state index in [1.54, 1.807) is 6.07 Å². The smallest absolute Gasteiger partial charge is 0.363 e. The van der Waals surface area contributed by atoms with Gasteiger partial charge in [0.25, 0.3) is 0 Å². The molecule has 0 unspecified atom stereocenters. The molecule has 0 amide bonds. The predicted molar refractivity (Wildman–Crippen MR) is 64.4 cm³/mol. The number of hydrogen-bond donors (Lipinski definition) is 2. The summed E-state index contributed by atoms with van der Waals surface area (Å²) in [6, 6.07) is 2.94. The lowest BCUT2D eigenvalue weighted by molar-refractivity contribution is -0.389. The lowest BCUT2D eigenvalue weighted by Crippen LogP contribution is -2.46. The Balaban J connectivity index is 2.09. The number of hydrogen-bond acceptors (Lipinski definition) is 6. The monoisotopic (exact) mass is 253 g/mol. The van der Waals surface area contributed by atoms with Crippen LogP contribution in [0.15, 0.2) is 18.3 Å². The largest absolute Gasteiger partial charge is 0.394 e. The maximum absolute atomic E-state index is 10.5. The minimum absolute atomic E-state index is 0.00660. The minimum atomic E-state index is -0.542. The van der Waals surface area contributed by atoms with E-state index in [0.29, 0.717) is 31.7 Å². The topological polar surface area (TPSA) is 97.5 Å². The fourth-order valence-corrected chi connectivity index (χ4v) is 1.96. The molecule has 2 heterocycles. The average Bonchev–Trinajstić information content (AvgIpc) is 2.40. The number of rotatable bonds is 4. The molecule has 0 saturated carbocycles. The van der Waals surface area contributed by atoms with E-state index >= 15 is 0 Å². The van der Waals surface area contributed by atoms with Crippen LogP contribution in [0.3, 0.4) is 0 Å². The number of aliphatic hydroxyl groups is 1. The van der Waals surface area contributed by atoms with E-state index < -0.39 is 10.5 Å². The van der Waals surface area contributed by atoms with E-state index in [2.05, 4.69) is 10.3 Å². The molecule has 0 radical (unpaired) electrons. The van der Waals surface area contributed by atoms with Gasteiger partial charge in [-0.3, -0.25) is 0 Å². The first-order chi connectivity index (χ1) is 8.65. The highest BCUT2D eigenvalue weighted by Gasteiger charge is 2.32. The van der Waals surface area contributed by atoms with Gasteiger partial charge in [-0.15, -0.1) is 0 Å². The highest BCUT2D eigenvalue weighted by atomic mass is 16.6. The summed E-state index contributed by atoms with van der Waals surface area (Å²) in [4.78, 5) is 13.7. The number of aliphatic hydroxyl groups excluding tert-OH is 1. The molecule has 0 aliphatic carbocycles. The summed E-state index contributed by atoms with van der Waals surface area (Å²) in [5, 5.41) is 23.2. The van der Waals surface area contributed by atoms with Gasteiger partial charge in [0, 0.05) is 19.3 Å². The standard InChI is InChI=1S/C11H15N3O4/c15-8-11(3-5-18-6-4-11)13-9-1-2-10(12-7-9)14(16)17/h1-2,7,13,15H,3-6,8H2. The summed E-state index contributed by atoms with van der Waals surface area (Å²) in [5.74, 6) is -0.189. The Hall–Kier alpha value is -1.73. The Morgan fingerprint density at radius 3 is 2.72 bits per heavy atom. The van der Waals surface area contributed by atoms with Crippen molar-refractivity contribution < 1.29 is 14.8 Å². The zero-order valence-electron chi connectivity index (χ0n) is 9.83. The normalized spacial score (nSPS) is 18.3. The average molecular weight is 253 g/mol. The third-order valence-corrected chi connectivity index (χ3v) is 3.10. The molecule has 0 aromatic carbocycles. The summed E-state index contributed by atoms with van der Waals surface area (Å²) in [6.07, 6.45) is 2.80. The molecule has 0 atom stereocenters. The van der Waals surface area contributed by atoms with Crippen molar-refractivity contribution in [3.8, 4) is 0 Å². The van der Waals surface area contributed by atoms with E-state index in [-0.39, 0.29) is 12.4 Å². The van der Waals surface area contributed by atoms with Gasteiger partial charge in [0.15, 0.2) is 6.20 Å². The van der Waals surface area contributed by atoms with Gasteiger partial charge in [-0.1, -0.05) is 0 Å². The SMILES string of the molecule is O=[N+]([O-])c1ccc(NC2(CO)CCOCC2)cn1. The third-order valence-electron chi connectivity index (χ3n) is 3.10. The number of nitrogens with one attached hydrogen (secondary N) is 1. The molecule has 1 aliphatic rings. The molecule has 1 fully saturated rings. The number of pyridine rings is 1. The minimum Gasteiger partial charge on any atom is -0.394 e. The summed E-state index contributed by atoms with van der Waals surface area (Å²) in [7, 11) is 0. The summed E-state index contributed by atoms with van der Waals surface area (Å²) in [6.45, 7) is 1.18. The van der Waals surface area contributed by atoms with Crippen LogP contribution in [0.2, 0.25) is 0 Å². The Bertz CT molecular complexity index is 415. The number of anilines is 1. The Labute approximate surface area is 104 Å². The molecule has 7 heteroatoms. The van der Waals surface area contributed by atoms with Crippen molar-refractivity contribution >= 4 is 11.5 Å². The van der Waals surface area contributed by atoms with Crippen LogP contribution in [0.25, 0.3) is 0 Å². The van der Waals surface area contributed by atoms with Gasteiger partial charge in [0.05, 0.1) is 17.8 Å². The van der Waals surface area contributed by atoms with E-state index in [1.165, 1.54) is 12.3 Å². The molecule has 18 heavy (non-hydrogen) atoms. The Morgan fingerprint density at radius 2 is 2.22 bits per heavy atom. The van der Waals surface area contributed by atoms with Gasteiger partial charge >= 0.3 is 5.82 Å². The summed E-state index contributed by atoms with van der Waals surface area (Å²) < 4.78 is 5.26. The van der Waals surface area contributed by atoms with Gasteiger partial charge in [0.2, 0.25) is 0 Å². The molecule has 1 aliphatic heterocycles. The molecule has 1 saturated heterocycles. The second-order valence-corrected chi connectivity index (χ2v) is 4.34. The van der Waals surface area contributed by atoms with Crippen molar-refractivity contribution in [2.24, 2.45) is 0 Å². The highest BCUT2D eigenvalue weighted by Crippen LogP contribution is 2.25. The van der Waals surface area contributed by atoms with Gasteiger partial charge in [-0.2, -0.15) is 0 Å². The van der Waals surface area contributed by atoms with Gasteiger partial charge in [0.1, 0.15) is 0 Å². The molecule has 2 rings (SSSR count). The number of aromatic nitrogens is 1. The number of ether oxygens (including phenoxy) is 1. The summed E-state index contributed by atoms with van der Waals surface area (Å²) >= 11 is 0. The number of nitro groups is 1. The van der Waals surface area contributed by atoms with Crippen LogP contribution in [-0.4, -0.2) is 40.4 Å². The van der Waals surface area contributed by atoms with Crippen molar-refractivity contribution in [3.63, 3.8) is 0 Å². The van der Waals surface area contributed by atoms with Gasteiger partial charge in [-0.05, 0) is 28.8 Å². The number of nitrogens with zero attached hydrogens (tertiary/aromatic N) is 2. The first-order valence-corrected chi connectivity index (χ1v) is 5.72.